The van der Waals surface area contributed by atoms with Crippen molar-refractivity contribution < 1.29 is 19.1 Å². The van der Waals surface area contributed by atoms with Gasteiger partial charge in [-0.15, -0.1) is 0 Å². The normalized spacial score (nSPS) is 40.9. The van der Waals surface area contributed by atoms with Crippen LogP contribution in [0, 0.1) is 5.92 Å². The number of fused-ring (bicyclic) bond motifs is 3. The number of anilines is 1. The van der Waals surface area contributed by atoms with Crippen LogP contribution in [0.5, 0.6) is 0 Å². The minimum absolute atomic E-state index is 0.0813. The lowest BCUT2D eigenvalue weighted by molar-refractivity contribution is -0.152. The van der Waals surface area contributed by atoms with E-state index in [1.807, 2.05) is 24.3 Å². The fourth-order valence-corrected chi connectivity index (χ4v) is 6.75. The number of para-hydroxylation sites is 1. The summed E-state index contributed by atoms with van der Waals surface area (Å²) in [5.74, 6) is -0.511. The van der Waals surface area contributed by atoms with Crippen molar-refractivity contribution in [2.24, 2.45) is 5.92 Å². The molecule has 0 aromatic heterocycles. The molecule has 7 rings (SSSR count). The topological polar surface area (TPSA) is 59.1 Å². The number of hydrogen-bond acceptors (Lipinski definition) is 5. The monoisotopic (exact) mass is 366 g/mol. The van der Waals surface area contributed by atoms with Crippen molar-refractivity contribution in [3.63, 3.8) is 0 Å². The summed E-state index contributed by atoms with van der Waals surface area (Å²) in [6.45, 7) is 1.77. The summed E-state index contributed by atoms with van der Waals surface area (Å²) in [6.07, 6.45) is 7.15. The largest absolute Gasteiger partial charge is 0.452 e. The van der Waals surface area contributed by atoms with E-state index in [0.717, 1.165) is 37.2 Å². The third-order valence-electron chi connectivity index (χ3n) is 7.79. The molecular formula is C21H22N2O4. The van der Waals surface area contributed by atoms with Crippen LogP contribution in [0.25, 0.3) is 0 Å². The van der Waals surface area contributed by atoms with Crippen molar-refractivity contribution in [3.8, 4) is 0 Å². The van der Waals surface area contributed by atoms with E-state index < -0.39 is 17.2 Å². The third-order valence-corrected chi connectivity index (χ3v) is 7.79. The maximum absolute atomic E-state index is 13.2. The molecule has 2 spiro atoms. The lowest BCUT2D eigenvalue weighted by Gasteiger charge is -2.56. The first-order chi connectivity index (χ1) is 13.1. The molecule has 1 aromatic rings. The predicted octanol–water partition coefficient (Wildman–Crippen LogP) is 2.58. The van der Waals surface area contributed by atoms with Crippen LogP contribution in [0.4, 0.5) is 10.5 Å². The Hall–Kier alpha value is -2.34. The zero-order valence-electron chi connectivity index (χ0n) is 15.3. The molecule has 5 aliphatic heterocycles. The van der Waals surface area contributed by atoms with Crippen LogP contribution < -0.4 is 4.90 Å². The third kappa shape index (κ3) is 1.51. The highest BCUT2D eigenvalue weighted by Gasteiger charge is 2.78. The van der Waals surface area contributed by atoms with E-state index in [9.17, 15) is 9.59 Å². The first-order valence-corrected chi connectivity index (χ1v) is 9.71. The number of carbonyl (C=O) groups is 2. The van der Waals surface area contributed by atoms with Crippen LogP contribution in [0.3, 0.4) is 0 Å². The van der Waals surface area contributed by atoms with E-state index in [4.69, 9.17) is 9.47 Å². The number of benzene rings is 1. The average molecular weight is 366 g/mol. The van der Waals surface area contributed by atoms with Gasteiger partial charge in [0.1, 0.15) is 5.54 Å². The van der Waals surface area contributed by atoms with E-state index in [1.165, 1.54) is 7.11 Å². The number of nitrogens with zero attached hydrogens (tertiary/aromatic N) is 2. The summed E-state index contributed by atoms with van der Waals surface area (Å²) in [5, 5.41) is 0. The van der Waals surface area contributed by atoms with Gasteiger partial charge in [-0.1, -0.05) is 30.4 Å². The van der Waals surface area contributed by atoms with Crippen molar-refractivity contribution in [3.05, 3.63) is 42.0 Å². The lowest BCUT2D eigenvalue weighted by Crippen LogP contribution is -2.68. The molecule has 4 atom stereocenters. The Labute approximate surface area is 157 Å². The van der Waals surface area contributed by atoms with E-state index in [0.29, 0.717) is 12.8 Å². The summed E-state index contributed by atoms with van der Waals surface area (Å²) >= 11 is 0. The predicted molar refractivity (Wildman–Crippen MR) is 97.2 cm³/mol. The van der Waals surface area contributed by atoms with E-state index in [2.05, 4.69) is 17.1 Å². The standard InChI is InChI=1S/C21H22N2O4/c1-26-18(25)23-16-6-3-2-5-14(16)21-10-12-22-11-4-7-19(22)8-9-20(21,23)15(13-19)17(24)27-21/h2-7,15H,8-13H2,1H3/t15?,19-,20-,21-/m1/s1. The first kappa shape index (κ1) is 15.7. The zero-order valence-corrected chi connectivity index (χ0v) is 15.3. The molecule has 6 aliphatic rings. The fourth-order valence-electron chi connectivity index (χ4n) is 6.75. The molecule has 1 unspecified atom stereocenters. The lowest BCUT2D eigenvalue weighted by atomic mass is 9.58. The molecule has 0 radical (unpaired) electrons. The number of methoxy groups -OCH3 is 1. The average Bonchev–Trinajstić information content (AvgIpc) is 3.24. The molecule has 1 aliphatic carbocycles. The molecule has 0 N–H and O–H groups in total. The molecule has 6 nitrogen and oxygen atoms in total. The Morgan fingerprint density at radius 3 is 2.96 bits per heavy atom. The molecule has 3 saturated heterocycles. The van der Waals surface area contributed by atoms with Crippen LogP contribution in [-0.2, 0) is 19.9 Å². The van der Waals surface area contributed by atoms with Gasteiger partial charge in [0.25, 0.3) is 0 Å². The van der Waals surface area contributed by atoms with Crippen molar-refractivity contribution >= 4 is 17.7 Å². The van der Waals surface area contributed by atoms with Gasteiger partial charge in [0.15, 0.2) is 5.60 Å². The van der Waals surface area contributed by atoms with Gasteiger partial charge < -0.3 is 9.47 Å². The maximum Gasteiger partial charge on any atom is 0.414 e. The maximum atomic E-state index is 13.2. The highest BCUT2D eigenvalue weighted by atomic mass is 16.6. The molecule has 4 fully saturated rings. The van der Waals surface area contributed by atoms with Crippen molar-refractivity contribution in [2.45, 2.75) is 42.4 Å². The molecule has 1 saturated carbocycles. The Kier molecular flexibility index (Phi) is 2.75. The second kappa shape index (κ2) is 4.73. The van der Waals surface area contributed by atoms with Crippen LogP contribution in [0.2, 0.25) is 0 Å². The van der Waals surface area contributed by atoms with Gasteiger partial charge in [-0.2, -0.15) is 0 Å². The second-order valence-corrected chi connectivity index (χ2v) is 8.45. The molecular weight excluding hydrogens is 344 g/mol. The number of hydrogen-bond donors (Lipinski definition) is 0. The highest BCUT2D eigenvalue weighted by molar-refractivity contribution is 5.98. The van der Waals surface area contributed by atoms with Gasteiger partial charge in [-0.05, 0) is 25.3 Å². The van der Waals surface area contributed by atoms with E-state index in [-0.39, 0.29) is 17.4 Å². The van der Waals surface area contributed by atoms with Crippen LogP contribution in [0.15, 0.2) is 36.4 Å². The molecule has 140 valence electrons. The number of ether oxygens (including phenoxy) is 2. The van der Waals surface area contributed by atoms with Gasteiger partial charge in [-0.25, -0.2) is 4.79 Å². The zero-order chi connectivity index (χ0) is 18.4. The van der Waals surface area contributed by atoms with Crippen LogP contribution in [0.1, 0.15) is 31.2 Å². The number of carbonyl (C=O) groups excluding carboxylic acids is 2. The fraction of sp³-hybridized carbons (Fsp3) is 0.524. The van der Waals surface area contributed by atoms with Gasteiger partial charge in [0.2, 0.25) is 0 Å². The Balaban J connectivity index is 1.64. The van der Waals surface area contributed by atoms with Gasteiger partial charge in [0.05, 0.1) is 18.7 Å². The molecule has 1 amide bonds. The van der Waals surface area contributed by atoms with Crippen molar-refractivity contribution in [1.82, 2.24) is 4.90 Å². The first-order valence-electron chi connectivity index (χ1n) is 9.71. The van der Waals surface area contributed by atoms with Crippen LogP contribution in [-0.4, -0.2) is 48.2 Å². The summed E-state index contributed by atoms with van der Waals surface area (Å²) < 4.78 is 11.4. The Morgan fingerprint density at radius 2 is 2.11 bits per heavy atom. The van der Waals surface area contributed by atoms with Gasteiger partial charge in [-0.3, -0.25) is 14.6 Å². The minimum atomic E-state index is -0.783. The van der Waals surface area contributed by atoms with Crippen molar-refractivity contribution in [2.75, 3.05) is 25.1 Å². The number of rotatable bonds is 0. The smallest absolute Gasteiger partial charge is 0.414 e. The van der Waals surface area contributed by atoms with Gasteiger partial charge >= 0.3 is 12.1 Å². The summed E-state index contributed by atoms with van der Waals surface area (Å²) in [7, 11) is 1.41. The number of amides is 1. The highest BCUT2D eigenvalue weighted by Crippen LogP contribution is 2.68. The van der Waals surface area contributed by atoms with Gasteiger partial charge in [0, 0.05) is 30.6 Å². The Bertz CT molecular complexity index is 913. The molecule has 1 aromatic carbocycles. The summed E-state index contributed by atoms with van der Waals surface area (Å²) in [4.78, 5) is 30.4. The van der Waals surface area contributed by atoms with Crippen LogP contribution >= 0.6 is 0 Å². The van der Waals surface area contributed by atoms with E-state index in [1.54, 1.807) is 4.90 Å². The molecule has 4 bridgehead atoms. The van der Waals surface area contributed by atoms with E-state index >= 15 is 0 Å². The minimum Gasteiger partial charge on any atom is -0.452 e. The quantitative estimate of drug-likeness (QED) is 0.522. The summed E-state index contributed by atoms with van der Waals surface area (Å²) in [6, 6.07) is 7.87. The number of esters is 1. The molecule has 6 heteroatoms. The SMILES string of the molecule is COC(=O)N1c2ccccc2[C@]23CCN4CC=C[C@]45CC[C@]12C(C5)C(=O)O3. The summed E-state index contributed by atoms with van der Waals surface area (Å²) in [5.41, 5.74) is 0.230. The second-order valence-electron chi connectivity index (χ2n) is 8.45. The molecule has 5 heterocycles. The van der Waals surface area contributed by atoms with Crippen molar-refractivity contribution in [1.29, 1.82) is 0 Å². The molecule has 27 heavy (non-hydrogen) atoms. The Morgan fingerprint density at radius 1 is 1.26 bits per heavy atom.